The lowest BCUT2D eigenvalue weighted by atomic mass is 10.0. The molecule has 0 radical (unpaired) electrons. The van der Waals surface area contributed by atoms with Crippen LogP contribution in [0.5, 0.6) is 0 Å². The molecule has 2 saturated heterocycles. The van der Waals surface area contributed by atoms with Crippen LogP contribution in [0.2, 0.25) is 0 Å². The molecule has 138 valence electrons. The number of halogens is 1. The fourth-order valence-corrected chi connectivity index (χ4v) is 3.56. The van der Waals surface area contributed by atoms with Crippen molar-refractivity contribution in [2.45, 2.75) is 45.1 Å². The highest BCUT2D eigenvalue weighted by molar-refractivity contribution is 6.00. The van der Waals surface area contributed by atoms with E-state index < -0.39 is 0 Å². The quantitative estimate of drug-likeness (QED) is 0.841. The molecule has 2 N–H and O–H groups in total. The predicted molar refractivity (Wildman–Crippen MR) is 102 cm³/mol. The second kappa shape index (κ2) is 9.20. The van der Waals surface area contributed by atoms with Crippen LogP contribution in [-0.2, 0) is 16.0 Å². The molecule has 25 heavy (non-hydrogen) atoms. The Morgan fingerprint density at radius 3 is 2.72 bits per heavy atom. The fraction of sp³-hybridized carbons (Fsp3) is 0.579. The van der Waals surface area contributed by atoms with Gasteiger partial charge in [-0.1, -0.05) is 25.5 Å². The average molecular weight is 366 g/mol. The Balaban J connectivity index is 0.00000225. The summed E-state index contributed by atoms with van der Waals surface area (Å²) in [5.41, 5.74) is 2.18. The van der Waals surface area contributed by atoms with Gasteiger partial charge in [0, 0.05) is 31.2 Å². The molecule has 1 aromatic carbocycles. The van der Waals surface area contributed by atoms with Crippen LogP contribution in [0.4, 0.5) is 5.69 Å². The molecular weight excluding hydrogens is 338 g/mol. The number of nitrogens with zero attached hydrogens (tertiary/aromatic N) is 1. The van der Waals surface area contributed by atoms with Crippen LogP contribution in [0.1, 0.15) is 38.2 Å². The van der Waals surface area contributed by atoms with Gasteiger partial charge in [-0.15, -0.1) is 12.4 Å². The number of hydrogen-bond donors (Lipinski definition) is 2. The zero-order valence-corrected chi connectivity index (χ0v) is 15.6. The van der Waals surface area contributed by atoms with Gasteiger partial charge in [0.25, 0.3) is 0 Å². The molecule has 2 heterocycles. The van der Waals surface area contributed by atoms with Gasteiger partial charge in [-0.05, 0) is 43.5 Å². The summed E-state index contributed by atoms with van der Waals surface area (Å²) in [5.74, 6) is -0.183. The van der Waals surface area contributed by atoms with Crippen molar-refractivity contribution in [3.05, 3.63) is 29.8 Å². The van der Waals surface area contributed by atoms with Crippen LogP contribution < -0.4 is 15.5 Å². The van der Waals surface area contributed by atoms with Crippen molar-refractivity contribution in [3.8, 4) is 0 Å². The molecule has 6 heteroatoms. The molecule has 2 amide bonds. The van der Waals surface area contributed by atoms with Gasteiger partial charge in [0.15, 0.2) is 0 Å². The molecule has 1 aromatic rings. The number of hydrogen-bond acceptors (Lipinski definition) is 3. The summed E-state index contributed by atoms with van der Waals surface area (Å²) in [6.07, 6.45) is 4.57. The highest BCUT2D eigenvalue weighted by atomic mass is 35.5. The first-order chi connectivity index (χ1) is 11.7. The molecule has 5 nitrogen and oxygen atoms in total. The van der Waals surface area contributed by atoms with Crippen LogP contribution in [0, 0.1) is 5.92 Å². The topological polar surface area (TPSA) is 61.4 Å². The zero-order valence-electron chi connectivity index (χ0n) is 14.8. The van der Waals surface area contributed by atoms with E-state index in [0.717, 1.165) is 44.5 Å². The summed E-state index contributed by atoms with van der Waals surface area (Å²) in [6.45, 7) is 4.49. The average Bonchev–Trinajstić information content (AvgIpc) is 2.99. The molecule has 1 unspecified atom stereocenters. The minimum Gasteiger partial charge on any atom is -0.352 e. The standard InChI is InChI=1S/C19H27N3O2.ClH/c1-2-4-14-6-8-17(9-7-14)22-13-15(11-18(22)23)19(24)21-16-5-3-10-20-12-16;/h6-9,15-16,20H,2-5,10-13H2,1H3,(H,21,24);1H/t15?,16-;/m0./s1. The lowest BCUT2D eigenvalue weighted by molar-refractivity contribution is -0.127. The molecule has 2 fully saturated rings. The molecular formula is C19H28ClN3O2. The van der Waals surface area contributed by atoms with Gasteiger partial charge in [0.05, 0.1) is 5.92 Å². The van der Waals surface area contributed by atoms with E-state index in [4.69, 9.17) is 0 Å². The Kier molecular flexibility index (Phi) is 7.26. The monoisotopic (exact) mass is 365 g/mol. The highest BCUT2D eigenvalue weighted by Crippen LogP contribution is 2.26. The third kappa shape index (κ3) is 4.95. The van der Waals surface area contributed by atoms with Crippen molar-refractivity contribution in [2.75, 3.05) is 24.5 Å². The summed E-state index contributed by atoms with van der Waals surface area (Å²) >= 11 is 0. The van der Waals surface area contributed by atoms with Crippen LogP contribution >= 0.6 is 12.4 Å². The first kappa shape index (κ1) is 19.7. The number of nitrogens with one attached hydrogen (secondary N) is 2. The first-order valence-electron chi connectivity index (χ1n) is 9.07. The molecule has 3 rings (SSSR count). The van der Waals surface area contributed by atoms with E-state index in [0.29, 0.717) is 13.0 Å². The minimum atomic E-state index is -0.241. The minimum absolute atomic E-state index is 0. The highest BCUT2D eigenvalue weighted by Gasteiger charge is 2.35. The third-order valence-corrected chi connectivity index (χ3v) is 4.93. The van der Waals surface area contributed by atoms with Crippen LogP contribution in [-0.4, -0.2) is 37.5 Å². The Morgan fingerprint density at radius 1 is 1.32 bits per heavy atom. The number of piperidine rings is 1. The Hall–Kier alpha value is -1.59. The number of aryl methyl sites for hydroxylation is 1. The van der Waals surface area contributed by atoms with Crippen molar-refractivity contribution in [1.29, 1.82) is 0 Å². The Morgan fingerprint density at radius 2 is 2.08 bits per heavy atom. The summed E-state index contributed by atoms with van der Waals surface area (Å²) in [4.78, 5) is 26.5. The second-order valence-electron chi connectivity index (χ2n) is 6.87. The van der Waals surface area contributed by atoms with E-state index >= 15 is 0 Å². The van der Waals surface area contributed by atoms with Crippen LogP contribution in [0.15, 0.2) is 24.3 Å². The van der Waals surface area contributed by atoms with Gasteiger partial charge < -0.3 is 15.5 Å². The number of rotatable bonds is 5. The lowest BCUT2D eigenvalue weighted by Crippen LogP contribution is -2.47. The second-order valence-corrected chi connectivity index (χ2v) is 6.87. The van der Waals surface area contributed by atoms with Crippen molar-refractivity contribution >= 4 is 29.9 Å². The van der Waals surface area contributed by atoms with E-state index in [1.165, 1.54) is 5.56 Å². The lowest BCUT2D eigenvalue weighted by Gasteiger charge is -2.25. The van der Waals surface area contributed by atoms with Gasteiger partial charge in [0.2, 0.25) is 11.8 Å². The zero-order chi connectivity index (χ0) is 16.9. The first-order valence-corrected chi connectivity index (χ1v) is 9.07. The molecule has 2 aliphatic rings. The maximum Gasteiger partial charge on any atom is 0.227 e. The van der Waals surface area contributed by atoms with E-state index in [1.807, 2.05) is 12.1 Å². The van der Waals surface area contributed by atoms with Gasteiger partial charge in [-0.2, -0.15) is 0 Å². The van der Waals surface area contributed by atoms with Gasteiger partial charge >= 0.3 is 0 Å². The molecule has 0 saturated carbocycles. The number of carbonyl (C=O) groups excluding carboxylic acids is 2. The predicted octanol–water partition coefficient (Wildman–Crippen LogP) is 2.28. The summed E-state index contributed by atoms with van der Waals surface area (Å²) in [5, 5.41) is 6.40. The SMILES string of the molecule is CCCc1ccc(N2CC(C(=O)N[C@H]3CCCNC3)CC2=O)cc1.Cl. The Bertz CT molecular complexity index is 585. The number of amides is 2. The molecule has 0 aliphatic carbocycles. The fourth-order valence-electron chi connectivity index (χ4n) is 3.56. The van der Waals surface area contributed by atoms with Crippen molar-refractivity contribution in [2.24, 2.45) is 5.92 Å². The Labute approximate surface area is 155 Å². The van der Waals surface area contributed by atoms with Crippen molar-refractivity contribution in [3.63, 3.8) is 0 Å². The summed E-state index contributed by atoms with van der Waals surface area (Å²) in [6, 6.07) is 8.34. The van der Waals surface area contributed by atoms with E-state index in [-0.39, 0.29) is 36.2 Å². The normalized spacial score (nSPS) is 23.2. The van der Waals surface area contributed by atoms with Crippen molar-refractivity contribution < 1.29 is 9.59 Å². The summed E-state index contributed by atoms with van der Waals surface area (Å²) < 4.78 is 0. The number of carbonyl (C=O) groups is 2. The van der Waals surface area contributed by atoms with Crippen molar-refractivity contribution in [1.82, 2.24) is 10.6 Å². The van der Waals surface area contributed by atoms with Crippen LogP contribution in [0.25, 0.3) is 0 Å². The van der Waals surface area contributed by atoms with E-state index in [9.17, 15) is 9.59 Å². The maximum atomic E-state index is 12.5. The smallest absolute Gasteiger partial charge is 0.227 e. The third-order valence-electron chi connectivity index (χ3n) is 4.93. The largest absolute Gasteiger partial charge is 0.352 e. The molecule has 2 aliphatic heterocycles. The number of anilines is 1. The maximum absolute atomic E-state index is 12.5. The van der Waals surface area contributed by atoms with Gasteiger partial charge in [0.1, 0.15) is 0 Å². The van der Waals surface area contributed by atoms with Gasteiger partial charge in [-0.3, -0.25) is 9.59 Å². The number of benzene rings is 1. The summed E-state index contributed by atoms with van der Waals surface area (Å²) in [7, 11) is 0. The van der Waals surface area contributed by atoms with E-state index in [2.05, 4.69) is 29.7 Å². The van der Waals surface area contributed by atoms with Gasteiger partial charge in [-0.25, -0.2) is 0 Å². The molecule has 0 spiro atoms. The molecule has 2 atom stereocenters. The molecule has 0 bridgehead atoms. The van der Waals surface area contributed by atoms with Crippen LogP contribution in [0.3, 0.4) is 0 Å². The van der Waals surface area contributed by atoms with E-state index in [1.54, 1.807) is 4.90 Å². The molecule has 0 aromatic heterocycles.